The maximum absolute atomic E-state index is 14.0. The summed E-state index contributed by atoms with van der Waals surface area (Å²) in [7, 11) is 0. The first-order valence-corrected chi connectivity index (χ1v) is 13.6. The number of rotatable bonds is 5. The van der Waals surface area contributed by atoms with Gasteiger partial charge in [0.15, 0.2) is 0 Å². The van der Waals surface area contributed by atoms with Gasteiger partial charge >= 0.3 is 6.18 Å². The molecule has 8 rings (SSSR count). The van der Waals surface area contributed by atoms with Gasteiger partial charge in [-0.1, -0.05) is 6.07 Å². The summed E-state index contributed by atoms with van der Waals surface area (Å²) in [5.41, 5.74) is 2.86. The predicted molar refractivity (Wildman–Crippen MR) is 144 cm³/mol. The van der Waals surface area contributed by atoms with Crippen molar-refractivity contribution in [2.45, 2.75) is 43.6 Å². The van der Waals surface area contributed by atoms with E-state index in [1.54, 1.807) is 21.8 Å². The largest absolute Gasteiger partial charge is 0.433 e. The zero-order chi connectivity index (χ0) is 29.2. The van der Waals surface area contributed by atoms with Crippen LogP contribution in [0.15, 0.2) is 55.1 Å². The Labute approximate surface area is 237 Å². The number of piperazine rings is 1. The molecule has 0 aromatic carbocycles. The molecule has 0 amide bonds. The first-order chi connectivity index (χ1) is 20.1. The molecule has 8 heterocycles. The van der Waals surface area contributed by atoms with Gasteiger partial charge in [0.1, 0.15) is 17.6 Å². The lowest BCUT2D eigenvalue weighted by Crippen LogP contribution is -2.68. The Kier molecular flexibility index (Phi) is 6.09. The van der Waals surface area contributed by atoms with E-state index < -0.39 is 17.8 Å². The molecular weight excluding hydrogens is 555 g/mol. The molecule has 4 aliphatic rings. The van der Waals surface area contributed by atoms with Crippen LogP contribution in [0.25, 0.3) is 16.6 Å². The second-order valence-corrected chi connectivity index (χ2v) is 11.2. The van der Waals surface area contributed by atoms with Crippen molar-refractivity contribution in [1.82, 2.24) is 24.5 Å². The van der Waals surface area contributed by atoms with Crippen molar-refractivity contribution in [3.63, 3.8) is 0 Å². The Morgan fingerprint density at radius 3 is 2.43 bits per heavy atom. The van der Waals surface area contributed by atoms with Crippen LogP contribution in [0.2, 0.25) is 0 Å². The van der Waals surface area contributed by atoms with Gasteiger partial charge in [-0.05, 0) is 36.2 Å². The summed E-state index contributed by atoms with van der Waals surface area (Å²) in [6.45, 7) is 1.88. The minimum absolute atomic E-state index is 0.213. The van der Waals surface area contributed by atoms with Gasteiger partial charge in [-0.15, -0.1) is 0 Å². The van der Waals surface area contributed by atoms with Crippen molar-refractivity contribution >= 4 is 17.0 Å². The third kappa shape index (κ3) is 4.69. The number of fused-ring (bicyclic) bond motifs is 3. The third-order valence-corrected chi connectivity index (χ3v) is 8.46. The number of halogens is 5. The van der Waals surface area contributed by atoms with Gasteiger partial charge in [0.25, 0.3) is 5.92 Å². The molecule has 0 aliphatic carbocycles. The fourth-order valence-corrected chi connectivity index (χ4v) is 6.30. The highest BCUT2D eigenvalue weighted by atomic mass is 19.4. The molecule has 8 nitrogen and oxygen atoms in total. The second-order valence-electron chi connectivity index (χ2n) is 11.2. The summed E-state index contributed by atoms with van der Waals surface area (Å²) < 4.78 is 68.0. The normalized spacial score (nSPS) is 21.9. The first-order valence-electron chi connectivity index (χ1n) is 13.6. The van der Waals surface area contributed by atoms with Crippen molar-refractivity contribution in [2.24, 2.45) is 0 Å². The molecule has 4 aliphatic heterocycles. The minimum Gasteiger partial charge on any atom is -0.364 e. The lowest BCUT2D eigenvalue weighted by atomic mass is 9.87. The smallest absolute Gasteiger partial charge is 0.364 e. The number of alkyl halides is 5. The minimum atomic E-state index is -4.45. The van der Waals surface area contributed by atoms with Gasteiger partial charge in [-0.2, -0.15) is 23.5 Å². The molecule has 216 valence electrons. The zero-order valence-electron chi connectivity index (χ0n) is 22.3. The molecule has 4 aromatic rings. The predicted octanol–water partition coefficient (Wildman–Crippen LogP) is 4.99. The zero-order valence-corrected chi connectivity index (χ0v) is 22.3. The number of piperidine rings is 1. The molecule has 2 bridgehead atoms. The fraction of sp³-hybridized carbons (Fsp3) is 0.379. The van der Waals surface area contributed by atoms with E-state index in [4.69, 9.17) is 4.98 Å². The molecule has 0 spiro atoms. The Bertz CT molecular complexity index is 1660. The van der Waals surface area contributed by atoms with Crippen molar-refractivity contribution in [3.8, 4) is 17.2 Å². The topological polar surface area (TPSA) is 76.6 Å². The Morgan fingerprint density at radius 2 is 1.81 bits per heavy atom. The number of aromatic nitrogens is 4. The molecule has 4 aromatic heterocycles. The monoisotopic (exact) mass is 580 g/mol. The highest BCUT2D eigenvalue weighted by Gasteiger charge is 2.45. The molecule has 4 saturated heterocycles. The maximum Gasteiger partial charge on any atom is 0.433 e. The Balaban J connectivity index is 1.09. The highest BCUT2D eigenvalue weighted by molar-refractivity contribution is 5.86. The van der Waals surface area contributed by atoms with Gasteiger partial charge in [-0.25, -0.2) is 18.3 Å². The van der Waals surface area contributed by atoms with E-state index in [9.17, 15) is 27.2 Å². The molecule has 2 atom stereocenters. The molecule has 42 heavy (non-hydrogen) atoms. The number of hydrogen-bond acceptors (Lipinski definition) is 7. The lowest BCUT2D eigenvalue weighted by Gasteiger charge is -2.56. The second kappa shape index (κ2) is 9.62. The van der Waals surface area contributed by atoms with E-state index in [1.165, 1.54) is 18.5 Å². The van der Waals surface area contributed by atoms with Gasteiger partial charge in [0.2, 0.25) is 0 Å². The van der Waals surface area contributed by atoms with Crippen LogP contribution in [-0.4, -0.2) is 68.7 Å². The van der Waals surface area contributed by atoms with Crippen LogP contribution in [0.4, 0.5) is 33.5 Å². The van der Waals surface area contributed by atoms with Crippen LogP contribution < -0.4 is 9.80 Å². The van der Waals surface area contributed by atoms with E-state index in [-0.39, 0.29) is 31.6 Å². The van der Waals surface area contributed by atoms with E-state index in [0.29, 0.717) is 28.9 Å². The van der Waals surface area contributed by atoms with Crippen LogP contribution in [-0.2, 0) is 12.7 Å². The maximum atomic E-state index is 14.0. The fourth-order valence-electron chi connectivity index (χ4n) is 6.30. The number of anilines is 2. The number of hydrogen-bond donors (Lipinski definition) is 0. The summed E-state index contributed by atoms with van der Waals surface area (Å²) in [6, 6.07) is 10.8. The molecule has 4 fully saturated rings. The van der Waals surface area contributed by atoms with Crippen molar-refractivity contribution in [2.75, 3.05) is 36.0 Å². The van der Waals surface area contributed by atoms with Crippen molar-refractivity contribution < 1.29 is 22.0 Å². The van der Waals surface area contributed by atoms with Gasteiger partial charge < -0.3 is 9.80 Å². The molecule has 13 heteroatoms. The standard InChI is InChI=1S/C29H25F5N8/c30-28(31)5-6-39(17-28)21-8-24(27-20(9-35)12-38-42(27)16-21)19-2-4-26(37-11-19)40-14-22-7-23(15-40)41(22)13-18-1-3-25(36-10-18)29(32,33)34/h1-4,8,10-12,16,22-23H,5-7,13-15,17H2. The van der Waals surface area contributed by atoms with E-state index in [2.05, 4.69) is 26.0 Å². The van der Waals surface area contributed by atoms with Crippen molar-refractivity contribution in [3.05, 3.63) is 71.9 Å². The van der Waals surface area contributed by atoms with E-state index in [1.807, 2.05) is 18.2 Å². The molecule has 2 unspecified atom stereocenters. The summed E-state index contributed by atoms with van der Waals surface area (Å²) in [5.74, 6) is -1.95. The lowest BCUT2D eigenvalue weighted by molar-refractivity contribution is -0.141. The number of nitrogens with zero attached hydrogens (tertiary/aromatic N) is 8. The van der Waals surface area contributed by atoms with E-state index in [0.717, 1.165) is 42.5 Å². The third-order valence-electron chi connectivity index (χ3n) is 8.46. The van der Waals surface area contributed by atoms with Gasteiger partial charge in [0.05, 0.1) is 35.7 Å². The van der Waals surface area contributed by atoms with Crippen LogP contribution in [0, 0.1) is 11.3 Å². The number of nitriles is 1. The summed E-state index contributed by atoms with van der Waals surface area (Å²) in [6.07, 6.45) is 2.52. The Morgan fingerprint density at radius 1 is 1.00 bits per heavy atom. The first kappa shape index (κ1) is 26.6. The average Bonchev–Trinajstić information content (AvgIpc) is 3.57. The molecule has 0 N–H and O–H groups in total. The van der Waals surface area contributed by atoms with Crippen LogP contribution in [0.1, 0.15) is 29.7 Å². The van der Waals surface area contributed by atoms with Crippen LogP contribution >= 0.6 is 0 Å². The highest BCUT2D eigenvalue weighted by Crippen LogP contribution is 2.38. The average molecular weight is 581 g/mol. The quantitative estimate of drug-likeness (QED) is 0.308. The number of pyridine rings is 3. The van der Waals surface area contributed by atoms with Gasteiger partial charge in [0, 0.05) is 68.2 Å². The summed E-state index contributed by atoms with van der Waals surface area (Å²) in [4.78, 5) is 14.4. The molecular formula is C29H25F5N8. The molecule has 0 radical (unpaired) electrons. The SMILES string of the molecule is N#Cc1cnn2cc(N3CCC(F)(F)C3)cc(-c3ccc(N4CC5CC(C4)N5Cc4ccc(C(F)(F)F)nc4)nc3)c12. The van der Waals surface area contributed by atoms with Crippen LogP contribution in [0.5, 0.6) is 0 Å². The van der Waals surface area contributed by atoms with Gasteiger partial charge in [-0.3, -0.25) is 9.88 Å². The Hall–Kier alpha value is -4.31. The van der Waals surface area contributed by atoms with E-state index >= 15 is 0 Å². The summed E-state index contributed by atoms with van der Waals surface area (Å²) in [5, 5.41) is 14.0. The van der Waals surface area contributed by atoms with Crippen LogP contribution in [0.3, 0.4) is 0 Å². The molecule has 0 saturated carbocycles. The summed E-state index contributed by atoms with van der Waals surface area (Å²) >= 11 is 0. The van der Waals surface area contributed by atoms with Crippen molar-refractivity contribution in [1.29, 1.82) is 5.26 Å².